The fraction of sp³-hybridized carbons (Fsp3) is 0.448. The summed E-state index contributed by atoms with van der Waals surface area (Å²) in [5.74, 6) is 0.0771. The van der Waals surface area contributed by atoms with Crippen molar-refractivity contribution in [2.75, 3.05) is 49.9 Å². The minimum Gasteiger partial charge on any atom is -1.00 e. The number of nitrogens with two attached hydrogens (primary N) is 1. The first-order valence-electron chi connectivity index (χ1n) is 13.0. The smallest absolute Gasteiger partial charge is 0.251 e. The van der Waals surface area contributed by atoms with Gasteiger partial charge in [0.2, 0.25) is 5.91 Å². The number of carbonyl (C=O) groups is 2. The van der Waals surface area contributed by atoms with Crippen molar-refractivity contribution in [2.24, 2.45) is 0 Å². The molecule has 37 heavy (non-hydrogen) atoms. The van der Waals surface area contributed by atoms with E-state index in [4.69, 9.17) is 17.3 Å². The number of hydrogen-bond donors (Lipinski definition) is 2. The summed E-state index contributed by atoms with van der Waals surface area (Å²) < 4.78 is 0.893. The fourth-order valence-electron chi connectivity index (χ4n) is 4.49. The van der Waals surface area contributed by atoms with Crippen molar-refractivity contribution in [1.29, 1.82) is 0 Å². The summed E-state index contributed by atoms with van der Waals surface area (Å²) in [5, 5.41) is 3.66. The van der Waals surface area contributed by atoms with Crippen LogP contribution >= 0.6 is 11.6 Å². The van der Waals surface area contributed by atoms with Gasteiger partial charge in [-0.15, -0.1) is 0 Å². The molecule has 0 bridgehead atoms. The van der Waals surface area contributed by atoms with Crippen LogP contribution in [0.15, 0.2) is 61.2 Å². The lowest BCUT2D eigenvalue weighted by atomic mass is 10.1. The first-order valence-corrected chi connectivity index (χ1v) is 13.4. The molecule has 0 aliphatic heterocycles. The minimum absolute atomic E-state index is 0. The number of nitrogens with one attached hydrogen (secondary N) is 1. The van der Waals surface area contributed by atoms with E-state index in [2.05, 4.69) is 18.8 Å². The predicted molar refractivity (Wildman–Crippen MR) is 151 cm³/mol. The van der Waals surface area contributed by atoms with Crippen LogP contribution < -0.4 is 28.4 Å². The lowest BCUT2D eigenvalue weighted by Gasteiger charge is -2.37. The number of nitrogen functional groups attached to an aromatic ring is 1. The molecule has 0 heterocycles. The summed E-state index contributed by atoms with van der Waals surface area (Å²) in [6.45, 7) is 13.1. The zero-order valence-corrected chi connectivity index (χ0v) is 23.7. The molecular weight excluding hydrogens is 507 g/mol. The van der Waals surface area contributed by atoms with E-state index < -0.39 is 0 Å². The molecule has 8 heteroatoms. The van der Waals surface area contributed by atoms with Crippen molar-refractivity contribution in [3.8, 4) is 0 Å². The van der Waals surface area contributed by atoms with Crippen molar-refractivity contribution < 1.29 is 26.5 Å². The van der Waals surface area contributed by atoms with Gasteiger partial charge in [-0.25, -0.2) is 0 Å². The SMILES string of the molecule is C=CC[N+](CC)(CCCCCCC(=O)N(CC)c1ccc(N)cc1)CCNC(=O)c1ccc(Cl)cc1.[Cl-]. The second-order valence-electron chi connectivity index (χ2n) is 9.23. The van der Waals surface area contributed by atoms with Gasteiger partial charge in [-0.05, 0) is 87.7 Å². The van der Waals surface area contributed by atoms with Gasteiger partial charge in [0.1, 0.15) is 0 Å². The summed E-state index contributed by atoms with van der Waals surface area (Å²) in [7, 11) is 0. The van der Waals surface area contributed by atoms with Crippen LogP contribution in [0.4, 0.5) is 11.4 Å². The number of unbranched alkanes of at least 4 members (excludes halogenated alkanes) is 3. The largest absolute Gasteiger partial charge is 1.00 e. The summed E-state index contributed by atoms with van der Waals surface area (Å²) in [6.07, 6.45) is 6.59. The lowest BCUT2D eigenvalue weighted by molar-refractivity contribution is -0.920. The van der Waals surface area contributed by atoms with Gasteiger partial charge in [0.15, 0.2) is 0 Å². The average Bonchev–Trinajstić information content (AvgIpc) is 2.88. The van der Waals surface area contributed by atoms with Crippen molar-refractivity contribution in [3.05, 3.63) is 71.8 Å². The van der Waals surface area contributed by atoms with Crippen LogP contribution in [0.5, 0.6) is 0 Å². The highest BCUT2D eigenvalue weighted by Crippen LogP contribution is 2.19. The molecule has 0 aliphatic rings. The molecule has 204 valence electrons. The summed E-state index contributed by atoms with van der Waals surface area (Å²) >= 11 is 5.91. The maximum absolute atomic E-state index is 12.7. The van der Waals surface area contributed by atoms with Gasteiger partial charge in [0, 0.05) is 34.9 Å². The van der Waals surface area contributed by atoms with Crippen LogP contribution in [0.1, 0.15) is 56.3 Å². The summed E-state index contributed by atoms with van der Waals surface area (Å²) in [4.78, 5) is 27.0. The Morgan fingerprint density at radius 3 is 2.24 bits per heavy atom. The van der Waals surface area contributed by atoms with E-state index in [1.54, 1.807) is 24.3 Å². The van der Waals surface area contributed by atoms with Crippen molar-refractivity contribution in [3.63, 3.8) is 0 Å². The molecule has 1 unspecified atom stereocenters. The second-order valence-corrected chi connectivity index (χ2v) is 9.67. The lowest BCUT2D eigenvalue weighted by Crippen LogP contribution is -3.00. The van der Waals surface area contributed by atoms with E-state index in [1.165, 1.54) is 0 Å². The highest BCUT2D eigenvalue weighted by Gasteiger charge is 2.23. The topological polar surface area (TPSA) is 75.4 Å². The van der Waals surface area contributed by atoms with Gasteiger partial charge in [-0.1, -0.05) is 24.6 Å². The van der Waals surface area contributed by atoms with Crippen LogP contribution in [0.3, 0.4) is 0 Å². The Kier molecular flexibility index (Phi) is 15.0. The molecular formula is C29H42Cl2N4O2. The Morgan fingerprint density at radius 1 is 1.00 bits per heavy atom. The molecule has 0 fully saturated rings. The average molecular weight is 550 g/mol. The number of nitrogens with zero attached hydrogens (tertiary/aromatic N) is 2. The van der Waals surface area contributed by atoms with E-state index in [1.807, 2.05) is 42.2 Å². The maximum Gasteiger partial charge on any atom is 0.251 e. The highest BCUT2D eigenvalue weighted by molar-refractivity contribution is 6.30. The monoisotopic (exact) mass is 548 g/mol. The van der Waals surface area contributed by atoms with Crippen molar-refractivity contribution >= 4 is 34.8 Å². The quantitative estimate of drug-likeness (QED) is 0.146. The van der Waals surface area contributed by atoms with Gasteiger partial charge in [0.05, 0.1) is 32.7 Å². The minimum atomic E-state index is -0.0794. The summed E-state index contributed by atoms with van der Waals surface area (Å²) in [5.41, 5.74) is 7.98. The Bertz CT molecular complexity index is 967. The van der Waals surface area contributed by atoms with E-state index in [-0.39, 0.29) is 24.2 Å². The molecule has 1 atom stereocenters. The number of benzene rings is 2. The number of hydrogen-bond acceptors (Lipinski definition) is 3. The first kappa shape index (κ1) is 32.5. The third kappa shape index (κ3) is 10.8. The Labute approximate surface area is 233 Å². The standard InChI is InChI=1S/C29H41ClN4O2.ClH/c1-4-21-34(6-3,23-20-32-29(36)24-12-14-25(30)15-13-24)22-10-8-7-9-11-28(35)33(5-2)27-18-16-26(31)17-19-27;/h4,12-19H,1,5-11,20-23,31H2,2-3H3;1H. The molecule has 0 spiro atoms. The molecule has 0 aliphatic carbocycles. The number of halogens is 2. The van der Waals surface area contributed by atoms with Gasteiger partial charge in [0.25, 0.3) is 5.91 Å². The molecule has 2 aromatic carbocycles. The molecule has 0 aromatic heterocycles. The van der Waals surface area contributed by atoms with Gasteiger partial charge in [-0.3, -0.25) is 9.59 Å². The number of amides is 2. The molecule has 0 saturated carbocycles. The maximum atomic E-state index is 12.7. The zero-order chi connectivity index (χ0) is 26.4. The number of likely N-dealkylation sites (N-methyl/N-ethyl adjacent to an activating group) is 1. The van der Waals surface area contributed by atoms with Gasteiger partial charge >= 0.3 is 0 Å². The molecule has 3 N–H and O–H groups in total. The summed E-state index contributed by atoms with van der Waals surface area (Å²) in [6, 6.07) is 14.4. The van der Waals surface area contributed by atoms with Crippen LogP contribution in [0.25, 0.3) is 0 Å². The number of carbonyl (C=O) groups excluding carboxylic acids is 2. The van der Waals surface area contributed by atoms with Crippen molar-refractivity contribution in [1.82, 2.24) is 5.32 Å². The van der Waals surface area contributed by atoms with E-state index in [9.17, 15) is 9.59 Å². The Morgan fingerprint density at radius 2 is 1.65 bits per heavy atom. The normalized spacial score (nSPS) is 12.2. The fourth-order valence-corrected chi connectivity index (χ4v) is 4.62. The van der Waals surface area contributed by atoms with Crippen molar-refractivity contribution in [2.45, 2.75) is 46.0 Å². The Balaban J connectivity index is 0.00000684. The molecule has 2 aromatic rings. The molecule has 2 rings (SSSR count). The van der Waals surface area contributed by atoms with Crippen LogP contribution in [-0.4, -0.2) is 55.6 Å². The third-order valence-corrected chi connectivity index (χ3v) is 7.01. The third-order valence-electron chi connectivity index (χ3n) is 6.76. The van der Waals surface area contributed by atoms with Gasteiger partial charge in [-0.2, -0.15) is 0 Å². The number of rotatable bonds is 16. The van der Waals surface area contributed by atoms with Crippen LogP contribution in [0, 0.1) is 0 Å². The molecule has 0 saturated heterocycles. The van der Waals surface area contributed by atoms with E-state index in [0.717, 1.165) is 62.0 Å². The second kappa shape index (κ2) is 17.1. The first-order chi connectivity index (χ1) is 17.3. The molecule has 2 amide bonds. The van der Waals surface area contributed by atoms with Gasteiger partial charge < -0.3 is 32.8 Å². The highest BCUT2D eigenvalue weighted by atomic mass is 35.5. The predicted octanol–water partition coefficient (Wildman–Crippen LogP) is 2.68. The van der Waals surface area contributed by atoms with Crippen LogP contribution in [0.2, 0.25) is 5.02 Å². The zero-order valence-electron chi connectivity index (χ0n) is 22.2. The van der Waals surface area contributed by atoms with E-state index >= 15 is 0 Å². The number of quaternary nitrogens is 1. The molecule has 6 nitrogen and oxygen atoms in total. The van der Waals surface area contributed by atoms with E-state index in [0.29, 0.717) is 35.8 Å². The van der Waals surface area contributed by atoms with Crippen LogP contribution in [-0.2, 0) is 4.79 Å². The molecule has 0 radical (unpaired) electrons. The Hall–Kier alpha value is -2.54. The number of anilines is 2.